The Labute approximate surface area is 119 Å². The van der Waals surface area contributed by atoms with Crippen molar-refractivity contribution in [3.8, 4) is 0 Å². The number of nitrogens with zero attached hydrogens (tertiary/aromatic N) is 1. The van der Waals surface area contributed by atoms with E-state index in [9.17, 15) is 19.7 Å². The first-order valence-corrected chi connectivity index (χ1v) is 6.23. The van der Waals surface area contributed by atoms with Gasteiger partial charge in [0.15, 0.2) is 0 Å². The minimum atomic E-state index is -0.630. The van der Waals surface area contributed by atoms with Crippen molar-refractivity contribution in [1.82, 2.24) is 0 Å². The molecule has 0 amide bonds. The van der Waals surface area contributed by atoms with Crippen molar-refractivity contribution in [3.05, 3.63) is 75.3 Å². The zero-order valence-electron chi connectivity index (χ0n) is 10.8. The summed E-state index contributed by atoms with van der Waals surface area (Å²) in [4.78, 5) is 34.4. The fourth-order valence-corrected chi connectivity index (χ4v) is 2.36. The summed E-state index contributed by atoms with van der Waals surface area (Å²) < 4.78 is 0. The predicted molar refractivity (Wildman–Crippen MR) is 76.7 cm³/mol. The molecule has 0 spiro atoms. The highest BCUT2D eigenvalue weighted by molar-refractivity contribution is 6.64. The largest absolute Gasteiger partial charge is 0.285 e. The second-order valence-corrected chi connectivity index (χ2v) is 4.58. The predicted octanol–water partition coefficient (Wildman–Crippen LogP) is 2.90. The Morgan fingerprint density at radius 3 is 2.19 bits per heavy atom. The Kier molecular flexibility index (Phi) is 2.95. The lowest BCUT2D eigenvalue weighted by Gasteiger charge is -2.00. The van der Waals surface area contributed by atoms with Crippen LogP contribution in [0.4, 0.5) is 5.69 Å². The number of nitro groups is 1. The molecule has 0 N–H and O–H groups in total. The van der Waals surface area contributed by atoms with Gasteiger partial charge in [0.25, 0.3) is 5.69 Å². The zero-order chi connectivity index (χ0) is 15.0. The van der Waals surface area contributed by atoms with Crippen LogP contribution in [0.1, 0.15) is 21.5 Å². The number of nitro benzene ring substituents is 1. The number of carbonyl (C=O) groups is 2. The number of allylic oxidation sites excluding steroid dienone is 1. The van der Waals surface area contributed by atoms with Crippen molar-refractivity contribution in [2.75, 3.05) is 0 Å². The van der Waals surface area contributed by atoms with Crippen LogP contribution in [0.25, 0.3) is 11.6 Å². The number of rotatable bonds is 2. The van der Waals surface area contributed by atoms with E-state index in [4.69, 9.17) is 0 Å². The maximum absolute atomic E-state index is 12.1. The molecule has 0 bridgehead atoms. The van der Waals surface area contributed by atoms with Crippen LogP contribution >= 0.6 is 0 Å². The molecular weight excluding hydrogens is 270 g/mol. The van der Waals surface area contributed by atoms with Crippen LogP contribution in [0.2, 0.25) is 0 Å². The van der Waals surface area contributed by atoms with E-state index in [0.29, 0.717) is 16.7 Å². The summed E-state index contributed by atoms with van der Waals surface area (Å²) in [6.07, 6.45) is 1.41. The van der Waals surface area contributed by atoms with Crippen LogP contribution in [-0.4, -0.2) is 16.5 Å². The van der Waals surface area contributed by atoms with E-state index in [1.54, 1.807) is 42.5 Å². The molecule has 0 atom stereocenters. The third-order valence-electron chi connectivity index (χ3n) is 3.35. The van der Waals surface area contributed by atoms with Crippen LogP contribution in [0.5, 0.6) is 0 Å². The molecule has 0 saturated heterocycles. The second kappa shape index (κ2) is 4.79. The Morgan fingerprint density at radius 2 is 1.48 bits per heavy atom. The summed E-state index contributed by atoms with van der Waals surface area (Å²) in [5.41, 5.74) is 1.26. The van der Waals surface area contributed by atoms with Crippen molar-refractivity contribution in [2.45, 2.75) is 0 Å². The van der Waals surface area contributed by atoms with Gasteiger partial charge in [0.05, 0.1) is 10.5 Å². The van der Waals surface area contributed by atoms with Gasteiger partial charge in [-0.25, -0.2) is 0 Å². The molecule has 0 fully saturated rings. The first kappa shape index (κ1) is 12.9. The van der Waals surface area contributed by atoms with Crippen LogP contribution in [0.3, 0.4) is 0 Å². The molecule has 0 unspecified atom stereocenters. The van der Waals surface area contributed by atoms with Gasteiger partial charge in [-0.15, -0.1) is 0 Å². The number of ketones is 2. The van der Waals surface area contributed by atoms with E-state index in [1.165, 1.54) is 12.1 Å². The average Bonchev–Trinajstić information content (AvgIpc) is 2.73. The van der Waals surface area contributed by atoms with Crippen molar-refractivity contribution in [2.24, 2.45) is 0 Å². The van der Waals surface area contributed by atoms with Gasteiger partial charge in [0.2, 0.25) is 11.6 Å². The fraction of sp³-hybridized carbons (Fsp3) is 0. The van der Waals surface area contributed by atoms with Gasteiger partial charge in [-0.1, -0.05) is 36.4 Å². The normalized spacial score (nSPS) is 15.3. The number of benzene rings is 2. The van der Waals surface area contributed by atoms with Crippen LogP contribution in [-0.2, 0) is 4.79 Å². The number of fused-ring (bicyclic) bond motifs is 1. The molecule has 2 aromatic carbocycles. The Balaban J connectivity index is 2.20. The Morgan fingerprint density at radius 1 is 0.857 bits per heavy atom. The standard InChI is InChI=1S/C16H9NO4/c18-15-12-7-3-2-6-11(12)13(16(15)19)9-10-5-1-4-8-14(10)17(20)21/h1-9H/b13-9+. The summed E-state index contributed by atoms with van der Waals surface area (Å²) in [7, 11) is 0. The second-order valence-electron chi connectivity index (χ2n) is 4.58. The molecule has 1 aliphatic carbocycles. The maximum Gasteiger partial charge on any atom is 0.276 e. The smallest absolute Gasteiger partial charge is 0.276 e. The van der Waals surface area contributed by atoms with E-state index in [-0.39, 0.29) is 11.3 Å². The van der Waals surface area contributed by atoms with E-state index >= 15 is 0 Å². The summed E-state index contributed by atoms with van der Waals surface area (Å²) in [5, 5.41) is 11.0. The van der Waals surface area contributed by atoms with Crippen molar-refractivity contribution in [3.63, 3.8) is 0 Å². The zero-order valence-corrected chi connectivity index (χ0v) is 10.8. The first-order valence-electron chi connectivity index (χ1n) is 6.23. The third-order valence-corrected chi connectivity index (χ3v) is 3.35. The van der Waals surface area contributed by atoms with Crippen molar-refractivity contribution < 1.29 is 14.5 Å². The minimum Gasteiger partial charge on any atom is -0.285 e. The summed E-state index contributed by atoms with van der Waals surface area (Å²) in [6.45, 7) is 0. The Bertz CT molecular complexity index is 821. The molecule has 0 saturated carbocycles. The van der Waals surface area contributed by atoms with Crippen LogP contribution < -0.4 is 0 Å². The van der Waals surface area contributed by atoms with Gasteiger partial charge in [-0.2, -0.15) is 0 Å². The summed E-state index contributed by atoms with van der Waals surface area (Å²) >= 11 is 0. The number of carbonyl (C=O) groups excluding carboxylic acids is 2. The summed E-state index contributed by atoms with van der Waals surface area (Å²) in [5.74, 6) is -1.20. The molecule has 3 rings (SSSR count). The molecule has 0 aromatic heterocycles. The van der Waals surface area contributed by atoms with E-state index in [2.05, 4.69) is 0 Å². The molecule has 21 heavy (non-hydrogen) atoms. The number of Topliss-reactive ketones (excluding diaryl/α,β-unsaturated/α-hetero) is 2. The van der Waals surface area contributed by atoms with Crippen molar-refractivity contribution in [1.29, 1.82) is 0 Å². The molecule has 5 heteroatoms. The molecule has 0 aliphatic heterocycles. The molecule has 2 aromatic rings. The molecular formula is C16H9NO4. The van der Waals surface area contributed by atoms with Gasteiger partial charge in [-0.3, -0.25) is 19.7 Å². The maximum atomic E-state index is 12.1. The molecule has 0 heterocycles. The van der Waals surface area contributed by atoms with Gasteiger partial charge in [0.1, 0.15) is 0 Å². The molecule has 0 radical (unpaired) electrons. The minimum absolute atomic E-state index is 0.102. The lowest BCUT2D eigenvalue weighted by Crippen LogP contribution is -2.05. The highest BCUT2D eigenvalue weighted by Crippen LogP contribution is 2.32. The van der Waals surface area contributed by atoms with Crippen molar-refractivity contribution >= 4 is 28.9 Å². The van der Waals surface area contributed by atoms with Crippen LogP contribution in [0.15, 0.2) is 48.5 Å². The monoisotopic (exact) mass is 279 g/mol. The van der Waals surface area contributed by atoms with E-state index < -0.39 is 16.5 Å². The lowest BCUT2D eigenvalue weighted by atomic mass is 10.0. The first-order chi connectivity index (χ1) is 10.1. The lowest BCUT2D eigenvalue weighted by molar-refractivity contribution is -0.385. The summed E-state index contributed by atoms with van der Waals surface area (Å²) in [6, 6.07) is 12.7. The van der Waals surface area contributed by atoms with Gasteiger partial charge in [-0.05, 0) is 17.7 Å². The fourth-order valence-electron chi connectivity index (χ4n) is 2.36. The van der Waals surface area contributed by atoms with Gasteiger partial charge in [0, 0.05) is 17.2 Å². The SMILES string of the molecule is O=C1C(=O)c2ccccc2/C1=C\c1ccccc1[N+](=O)[O-]. The van der Waals surface area contributed by atoms with E-state index in [1.807, 2.05) is 0 Å². The van der Waals surface area contributed by atoms with Crippen LogP contribution in [0, 0.1) is 10.1 Å². The Hall–Kier alpha value is -3.08. The number of hydrogen-bond acceptors (Lipinski definition) is 4. The highest BCUT2D eigenvalue weighted by Gasteiger charge is 2.33. The number of para-hydroxylation sites is 1. The molecule has 102 valence electrons. The van der Waals surface area contributed by atoms with Gasteiger partial charge >= 0.3 is 0 Å². The average molecular weight is 279 g/mol. The molecule has 5 nitrogen and oxygen atoms in total. The molecule has 1 aliphatic rings. The highest BCUT2D eigenvalue weighted by atomic mass is 16.6. The van der Waals surface area contributed by atoms with Gasteiger partial charge < -0.3 is 0 Å². The third kappa shape index (κ3) is 2.04. The topological polar surface area (TPSA) is 77.3 Å². The van der Waals surface area contributed by atoms with E-state index in [0.717, 1.165) is 0 Å². The quantitative estimate of drug-likeness (QED) is 0.366. The number of hydrogen-bond donors (Lipinski definition) is 0.